The zero-order valence-corrected chi connectivity index (χ0v) is 21.0. The minimum Gasteiger partial charge on any atom is -0.352 e. The first-order chi connectivity index (χ1) is 14.8. The van der Waals surface area contributed by atoms with E-state index in [0.29, 0.717) is 12.6 Å². The molecule has 2 fully saturated rings. The Kier molecular flexibility index (Phi) is 9.64. The summed E-state index contributed by atoms with van der Waals surface area (Å²) >= 11 is 0. The molecule has 31 heavy (non-hydrogen) atoms. The van der Waals surface area contributed by atoms with Crippen LogP contribution in [0.25, 0.3) is 0 Å². The van der Waals surface area contributed by atoms with E-state index in [9.17, 15) is 0 Å². The molecule has 1 aromatic heterocycles. The molecule has 1 aromatic carbocycles. The van der Waals surface area contributed by atoms with Crippen LogP contribution < -0.4 is 10.6 Å². The number of likely N-dealkylation sites (tertiary alicyclic amines) is 1. The number of hydrogen-bond acceptors (Lipinski definition) is 3. The Balaban J connectivity index is 0.00000272. The van der Waals surface area contributed by atoms with Crippen LogP contribution in [-0.4, -0.2) is 52.6 Å². The van der Waals surface area contributed by atoms with E-state index < -0.39 is 0 Å². The van der Waals surface area contributed by atoms with Crippen LogP contribution in [0.5, 0.6) is 0 Å². The van der Waals surface area contributed by atoms with Crippen molar-refractivity contribution in [1.29, 1.82) is 0 Å². The Morgan fingerprint density at radius 2 is 1.90 bits per heavy atom. The molecule has 6 nitrogen and oxygen atoms in total. The third-order valence-corrected chi connectivity index (χ3v) is 6.52. The summed E-state index contributed by atoms with van der Waals surface area (Å²) < 4.78 is 2.20. The molecule has 2 N–H and O–H groups in total. The van der Waals surface area contributed by atoms with Crippen molar-refractivity contribution >= 4 is 29.9 Å². The molecule has 1 saturated heterocycles. The maximum atomic E-state index is 4.55. The fraction of sp³-hybridized carbons (Fsp3) is 0.583. The second kappa shape index (κ2) is 12.4. The van der Waals surface area contributed by atoms with E-state index in [0.717, 1.165) is 30.9 Å². The number of nitrogens with zero attached hydrogens (tertiary/aromatic N) is 4. The van der Waals surface area contributed by atoms with Crippen molar-refractivity contribution in [2.45, 2.75) is 70.1 Å². The van der Waals surface area contributed by atoms with Gasteiger partial charge in [0.2, 0.25) is 0 Å². The van der Waals surface area contributed by atoms with Gasteiger partial charge in [0.05, 0.1) is 6.54 Å². The van der Waals surface area contributed by atoms with Crippen LogP contribution in [0.15, 0.2) is 47.7 Å². The van der Waals surface area contributed by atoms with E-state index in [1.807, 2.05) is 19.4 Å². The molecule has 0 amide bonds. The standard InChI is InChI=1S/C24H36N6.HI/c1-25-24(28-21-11-8-15-29(19-21)22-12-6-3-7-13-22)27-17-23-26-14-16-30(23)18-20-9-4-2-5-10-20;/h2,4-5,9-10,14,16,21-22H,3,6-8,11-13,15,17-19H2,1H3,(H2,25,27,28);1H. The van der Waals surface area contributed by atoms with Crippen molar-refractivity contribution in [3.8, 4) is 0 Å². The molecule has 1 saturated carbocycles. The van der Waals surface area contributed by atoms with Crippen LogP contribution in [0, 0.1) is 0 Å². The highest BCUT2D eigenvalue weighted by Gasteiger charge is 2.27. The number of rotatable bonds is 6. The lowest BCUT2D eigenvalue weighted by atomic mass is 9.92. The summed E-state index contributed by atoms with van der Waals surface area (Å²) in [7, 11) is 1.85. The molecule has 7 heteroatoms. The lowest BCUT2D eigenvalue weighted by Crippen LogP contribution is -2.53. The third-order valence-electron chi connectivity index (χ3n) is 6.52. The molecule has 2 aromatic rings. The van der Waals surface area contributed by atoms with Gasteiger partial charge in [-0.15, -0.1) is 24.0 Å². The topological polar surface area (TPSA) is 57.5 Å². The number of aliphatic imine (C=N–C) groups is 1. The quantitative estimate of drug-likeness (QED) is 0.333. The zero-order valence-electron chi connectivity index (χ0n) is 18.7. The SMILES string of the molecule is CN=C(NCc1nccn1Cc1ccccc1)NC1CCCN(C2CCCCC2)C1.I. The zero-order chi connectivity index (χ0) is 20.6. The normalized spacial score (nSPS) is 20.8. The van der Waals surface area contributed by atoms with E-state index in [1.54, 1.807) is 0 Å². The van der Waals surface area contributed by atoms with Gasteiger partial charge < -0.3 is 15.2 Å². The van der Waals surface area contributed by atoms with Crippen LogP contribution in [0.3, 0.4) is 0 Å². The summed E-state index contributed by atoms with van der Waals surface area (Å²) in [5, 5.41) is 7.14. The number of imidazole rings is 1. The van der Waals surface area contributed by atoms with Crippen LogP contribution in [0.4, 0.5) is 0 Å². The molecule has 0 spiro atoms. The second-order valence-corrected chi connectivity index (χ2v) is 8.65. The third kappa shape index (κ3) is 6.94. The van der Waals surface area contributed by atoms with Crippen molar-refractivity contribution in [3.05, 3.63) is 54.1 Å². The Hall–Kier alpha value is -1.61. The van der Waals surface area contributed by atoms with E-state index in [4.69, 9.17) is 0 Å². The molecule has 2 heterocycles. The average Bonchev–Trinajstić information content (AvgIpc) is 3.25. The minimum absolute atomic E-state index is 0. The number of halogens is 1. The Bertz CT molecular complexity index is 799. The van der Waals surface area contributed by atoms with Crippen LogP contribution in [0.1, 0.15) is 56.3 Å². The molecule has 4 rings (SSSR count). The Morgan fingerprint density at radius 3 is 2.68 bits per heavy atom. The highest BCUT2D eigenvalue weighted by Crippen LogP contribution is 2.25. The van der Waals surface area contributed by atoms with Gasteiger partial charge in [-0.2, -0.15) is 0 Å². The monoisotopic (exact) mass is 536 g/mol. The summed E-state index contributed by atoms with van der Waals surface area (Å²) in [6, 6.07) is 11.8. The fourth-order valence-corrected chi connectivity index (χ4v) is 4.88. The van der Waals surface area contributed by atoms with E-state index in [-0.39, 0.29) is 24.0 Å². The Morgan fingerprint density at radius 1 is 1.10 bits per heavy atom. The smallest absolute Gasteiger partial charge is 0.191 e. The van der Waals surface area contributed by atoms with Crippen molar-refractivity contribution in [1.82, 2.24) is 25.1 Å². The maximum Gasteiger partial charge on any atom is 0.191 e. The predicted octanol–water partition coefficient (Wildman–Crippen LogP) is 4.01. The van der Waals surface area contributed by atoms with Crippen molar-refractivity contribution < 1.29 is 0 Å². The molecule has 1 aliphatic heterocycles. The van der Waals surface area contributed by atoms with Crippen LogP contribution >= 0.6 is 24.0 Å². The number of aromatic nitrogens is 2. The maximum absolute atomic E-state index is 4.55. The minimum atomic E-state index is 0. The summed E-state index contributed by atoms with van der Waals surface area (Å²) in [5.41, 5.74) is 1.28. The number of piperidine rings is 1. The summed E-state index contributed by atoms with van der Waals surface area (Å²) in [6.07, 6.45) is 13.4. The molecule has 2 aliphatic rings. The number of benzene rings is 1. The lowest BCUT2D eigenvalue weighted by molar-refractivity contribution is 0.115. The number of guanidine groups is 1. The molecule has 1 atom stereocenters. The highest BCUT2D eigenvalue weighted by molar-refractivity contribution is 14.0. The number of nitrogens with one attached hydrogen (secondary N) is 2. The molecule has 0 radical (unpaired) electrons. The van der Waals surface area contributed by atoms with Gasteiger partial charge in [0, 0.05) is 44.6 Å². The first-order valence-corrected chi connectivity index (χ1v) is 11.6. The second-order valence-electron chi connectivity index (χ2n) is 8.65. The van der Waals surface area contributed by atoms with Crippen LogP contribution in [0.2, 0.25) is 0 Å². The van der Waals surface area contributed by atoms with Gasteiger partial charge in [-0.25, -0.2) is 4.98 Å². The summed E-state index contributed by atoms with van der Waals surface area (Å²) in [4.78, 5) is 11.7. The summed E-state index contributed by atoms with van der Waals surface area (Å²) in [5.74, 6) is 1.90. The summed E-state index contributed by atoms with van der Waals surface area (Å²) in [6.45, 7) is 3.89. The molecule has 1 aliphatic carbocycles. The largest absolute Gasteiger partial charge is 0.352 e. The van der Waals surface area contributed by atoms with Crippen molar-refractivity contribution in [2.75, 3.05) is 20.1 Å². The van der Waals surface area contributed by atoms with Gasteiger partial charge in [0.25, 0.3) is 0 Å². The van der Waals surface area contributed by atoms with Gasteiger partial charge in [0.15, 0.2) is 5.96 Å². The van der Waals surface area contributed by atoms with Gasteiger partial charge in [0.1, 0.15) is 5.82 Å². The average molecular weight is 537 g/mol. The number of hydrogen-bond donors (Lipinski definition) is 2. The molecule has 1 unspecified atom stereocenters. The van der Waals surface area contributed by atoms with Gasteiger partial charge >= 0.3 is 0 Å². The van der Waals surface area contributed by atoms with E-state index in [2.05, 4.69) is 60.4 Å². The van der Waals surface area contributed by atoms with Gasteiger partial charge in [-0.1, -0.05) is 49.6 Å². The Labute approximate surface area is 203 Å². The lowest BCUT2D eigenvalue weighted by Gasteiger charge is -2.40. The van der Waals surface area contributed by atoms with Crippen LogP contribution in [-0.2, 0) is 13.1 Å². The van der Waals surface area contributed by atoms with E-state index in [1.165, 1.54) is 57.1 Å². The van der Waals surface area contributed by atoms with Gasteiger partial charge in [-0.05, 0) is 37.8 Å². The fourth-order valence-electron chi connectivity index (χ4n) is 4.88. The first-order valence-electron chi connectivity index (χ1n) is 11.6. The molecule has 170 valence electrons. The predicted molar refractivity (Wildman–Crippen MR) is 138 cm³/mol. The first kappa shape index (κ1) is 24.0. The molecule has 0 bridgehead atoms. The molecular weight excluding hydrogens is 499 g/mol. The highest BCUT2D eigenvalue weighted by atomic mass is 127. The van der Waals surface area contributed by atoms with Crippen molar-refractivity contribution in [3.63, 3.8) is 0 Å². The van der Waals surface area contributed by atoms with Crippen molar-refractivity contribution in [2.24, 2.45) is 4.99 Å². The van der Waals surface area contributed by atoms with Gasteiger partial charge in [-0.3, -0.25) is 9.89 Å². The molecular formula is C24H37IN6. The van der Waals surface area contributed by atoms with E-state index >= 15 is 0 Å².